The van der Waals surface area contributed by atoms with Gasteiger partial charge >= 0.3 is 0 Å². The summed E-state index contributed by atoms with van der Waals surface area (Å²) in [5, 5.41) is 9.46. The average Bonchev–Trinajstić information content (AvgIpc) is 2.48. The molecule has 0 spiro atoms. The summed E-state index contributed by atoms with van der Waals surface area (Å²) in [6, 6.07) is 5.27. The highest BCUT2D eigenvalue weighted by Gasteiger charge is 2.26. The van der Waals surface area contributed by atoms with Gasteiger partial charge in [0.2, 0.25) is 17.4 Å². The van der Waals surface area contributed by atoms with Crippen molar-refractivity contribution in [2.45, 2.75) is 6.92 Å². The van der Waals surface area contributed by atoms with Crippen LogP contribution in [0.25, 0.3) is 6.08 Å². The standard InChI is InChI=1S/C15H10F4O2/c1-2-5-8-11(16)13(18)15(14(19)12(8)17)21-10-7-4-3-6-9(10)20/h2-7,20H,1H3. The minimum atomic E-state index is -1.68. The number of hydrogen-bond donors (Lipinski definition) is 1. The van der Waals surface area contributed by atoms with Gasteiger partial charge in [-0.2, -0.15) is 8.78 Å². The normalized spacial score (nSPS) is 11.1. The number of halogens is 4. The van der Waals surface area contributed by atoms with Gasteiger partial charge < -0.3 is 9.84 Å². The SMILES string of the molecule is CC=Cc1c(F)c(F)c(Oc2ccccc2O)c(F)c1F. The summed E-state index contributed by atoms with van der Waals surface area (Å²) in [5.74, 6) is -8.49. The number of rotatable bonds is 3. The molecule has 0 aliphatic rings. The Morgan fingerprint density at radius 1 is 0.952 bits per heavy atom. The van der Waals surface area contributed by atoms with E-state index in [1.807, 2.05) is 0 Å². The number of phenols is 1. The maximum absolute atomic E-state index is 13.8. The molecule has 0 saturated carbocycles. The van der Waals surface area contributed by atoms with Crippen molar-refractivity contribution >= 4 is 6.08 Å². The zero-order chi connectivity index (χ0) is 15.6. The molecule has 0 radical (unpaired) electrons. The van der Waals surface area contributed by atoms with Crippen LogP contribution in [-0.4, -0.2) is 5.11 Å². The Morgan fingerprint density at radius 3 is 2.05 bits per heavy atom. The number of allylic oxidation sites excluding steroid dienone is 1. The molecule has 0 unspecified atom stereocenters. The summed E-state index contributed by atoms with van der Waals surface area (Å²) in [5.41, 5.74) is -0.836. The minimum Gasteiger partial charge on any atom is -0.504 e. The summed E-state index contributed by atoms with van der Waals surface area (Å²) in [7, 11) is 0. The lowest BCUT2D eigenvalue weighted by atomic mass is 10.1. The Hall–Kier alpha value is -2.50. The van der Waals surface area contributed by atoms with E-state index in [4.69, 9.17) is 4.74 Å². The van der Waals surface area contributed by atoms with E-state index in [0.29, 0.717) is 0 Å². The van der Waals surface area contributed by atoms with Gasteiger partial charge in [-0.05, 0) is 19.1 Å². The quantitative estimate of drug-likeness (QED) is 0.653. The van der Waals surface area contributed by atoms with Crippen LogP contribution in [0.5, 0.6) is 17.2 Å². The fourth-order valence-electron chi connectivity index (χ4n) is 1.68. The third-order valence-corrected chi connectivity index (χ3v) is 2.67. The van der Waals surface area contributed by atoms with E-state index in [2.05, 4.69) is 0 Å². The van der Waals surface area contributed by atoms with Gasteiger partial charge in [-0.1, -0.05) is 24.3 Å². The van der Waals surface area contributed by atoms with Gasteiger partial charge in [0, 0.05) is 0 Å². The Labute approximate surface area is 117 Å². The fourth-order valence-corrected chi connectivity index (χ4v) is 1.68. The Morgan fingerprint density at radius 2 is 1.52 bits per heavy atom. The highest BCUT2D eigenvalue weighted by molar-refractivity contribution is 5.54. The van der Waals surface area contributed by atoms with Crippen LogP contribution >= 0.6 is 0 Å². The largest absolute Gasteiger partial charge is 0.504 e. The predicted molar refractivity (Wildman–Crippen MR) is 69.2 cm³/mol. The summed E-state index contributed by atoms with van der Waals surface area (Å²) in [4.78, 5) is 0. The number of aromatic hydroxyl groups is 1. The number of ether oxygens (including phenoxy) is 1. The van der Waals surface area contributed by atoms with E-state index >= 15 is 0 Å². The van der Waals surface area contributed by atoms with Crippen LogP contribution in [0.3, 0.4) is 0 Å². The molecule has 6 heteroatoms. The molecule has 0 saturated heterocycles. The van der Waals surface area contributed by atoms with Crippen LogP contribution in [0.1, 0.15) is 12.5 Å². The number of hydrogen-bond acceptors (Lipinski definition) is 2. The highest BCUT2D eigenvalue weighted by Crippen LogP contribution is 2.36. The molecule has 2 aromatic carbocycles. The van der Waals surface area contributed by atoms with Crippen molar-refractivity contribution < 1.29 is 27.4 Å². The zero-order valence-electron chi connectivity index (χ0n) is 10.8. The molecule has 0 aliphatic heterocycles. The molecule has 2 aromatic rings. The first kappa shape index (κ1) is 14.9. The van der Waals surface area contributed by atoms with Gasteiger partial charge in [0.1, 0.15) is 0 Å². The molecule has 110 valence electrons. The van der Waals surface area contributed by atoms with Crippen molar-refractivity contribution in [1.29, 1.82) is 0 Å². The monoisotopic (exact) mass is 298 g/mol. The number of benzene rings is 2. The topological polar surface area (TPSA) is 29.5 Å². The molecule has 21 heavy (non-hydrogen) atoms. The van der Waals surface area contributed by atoms with Crippen molar-refractivity contribution in [3.05, 3.63) is 59.2 Å². The maximum Gasteiger partial charge on any atom is 0.205 e. The molecule has 0 bridgehead atoms. The number of phenolic OH excluding ortho intramolecular Hbond substituents is 1. The van der Waals surface area contributed by atoms with Gasteiger partial charge in [-0.25, -0.2) is 8.78 Å². The second-order valence-corrected chi connectivity index (χ2v) is 4.07. The minimum absolute atomic E-state index is 0.326. The smallest absolute Gasteiger partial charge is 0.205 e. The molecule has 0 aromatic heterocycles. The first-order valence-electron chi connectivity index (χ1n) is 5.91. The molecular formula is C15H10F4O2. The van der Waals surface area contributed by atoms with Crippen LogP contribution in [0.4, 0.5) is 17.6 Å². The molecule has 1 N–H and O–H groups in total. The summed E-state index contributed by atoms with van der Waals surface area (Å²) in [6.45, 7) is 1.45. The molecule has 0 fully saturated rings. The molecule has 0 heterocycles. The van der Waals surface area contributed by atoms with Crippen molar-refractivity contribution in [2.24, 2.45) is 0 Å². The molecule has 0 amide bonds. The molecule has 0 atom stereocenters. The maximum atomic E-state index is 13.8. The van der Waals surface area contributed by atoms with Gasteiger partial charge in [-0.3, -0.25) is 0 Å². The van der Waals surface area contributed by atoms with Crippen molar-refractivity contribution in [3.8, 4) is 17.2 Å². The molecule has 2 nitrogen and oxygen atoms in total. The Kier molecular flexibility index (Phi) is 4.16. The van der Waals surface area contributed by atoms with Crippen molar-refractivity contribution in [3.63, 3.8) is 0 Å². The number of para-hydroxylation sites is 2. The Bertz CT molecular complexity index is 682. The second-order valence-electron chi connectivity index (χ2n) is 4.07. The van der Waals surface area contributed by atoms with Crippen molar-refractivity contribution in [2.75, 3.05) is 0 Å². The summed E-state index contributed by atoms with van der Waals surface area (Å²) in [6.07, 6.45) is 2.14. The summed E-state index contributed by atoms with van der Waals surface area (Å²) >= 11 is 0. The average molecular weight is 298 g/mol. The fraction of sp³-hybridized carbons (Fsp3) is 0.0667. The Balaban J connectivity index is 2.58. The van der Waals surface area contributed by atoms with E-state index in [1.54, 1.807) is 0 Å². The predicted octanol–water partition coefficient (Wildman–Crippen LogP) is 4.77. The van der Waals surface area contributed by atoms with Crippen LogP contribution in [0, 0.1) is 23.3 Å². The van der Waals surface area contributed by atoms with Crippen molar-refractivity contribution in [1.82, 2.24) is 0 Å². The van der Waals surface area contributed by atoms with E-state index in [-0.39, 0.29) is 5.75 Å². The van der Waals surface area contributed by atoms with E-state index in [1.165, 1.54) is 37.3 Å². The third kappa shape index (κ3) is 2.69. The lowest BCUT2D eigenvalue weighted by Gasteiger charge is -2.12. The van der Waals surface area contributed by atoms with Crippen LogP contribution < -0.4 is 4.74 Å². The van der Waals surface area contributed by atoms with Gasteiger partial charge in [0.25, 0.3) is 0 Å². The molecular weight excluding hydrogens is 288 g/mol. The zero-order valence-corrected chi connectivity index (χ0v) is 10.8. The first-order chi connectivity index (χ1) is 9.97. The molecule has 0 aliphatic carbocycles. The van der Waals surface area contributed by atoms with Gasteiger partial charge in [0.15, 0.2) is 23.1 Å². The lowest BCUT2D eigenvalue weighted by molar-refractivity contribution is 0.349. The van der Waals surface area contributed by atoms with Crippen LogP contribution in [-0.2, 0) is 0 Å². The second kappa shape index (κ2) is 5.87. The van der Waals surface area contributed by atoms with E-state index in [0.717, 1.165) is 6.08 Å². The summed E-state index contributed by atoms with van der Waals surface area (Å²) < 4.78 is 59.8. The van der Waals surface area contributed by atoms with Gasteiger partial charge in [-0.15, -0.1) is 0 Å². The first-order valence-corrected chi connectivity index (χ1v) is 5.91. The van der Waals surface area contributed by atoms with Crippen LogP contribution in [0.2, 0.25) is 0 Å². The third-order valence-electron chi connectivity index (χ3n) is 2.67. The van der Waals surface area contributed by atoms with Gasteiger partial charge in [0.05, 0.1) is 5.56 Å². The lowest BCUT2D eigenvalue weighted by Crippen LogP contribution is -2.03. The highest BCUT2D eigenvalue weighted by atomic mass is 19.2. The molecule has 2 rings (SSSR count). The van der Waals surface area contributed by atoms with Crippen LogP contribution in [0.15, 0.2) is 30.3 Å². The van der Waals surface area contributed by atoms with E-state index < -0.39 is 40.3 Å². The van der Waals surface area contributed by atoms with E-state index in [9.17, 15) is 22.7 Å².